The Balaban J connectivity index is 2.11. The Morgan fingerprint density at radius 2 is 2.04 bits per heavy atom. The van der Waals surface area contributed by atoms with E-state index in [2.05, 4.69) is 15.3 Å². The number of thiazole rings is 1. The first-order chi connectivity index (χ1) is 11.4. The van der Waals surface area contributed by atoms with E-state index in [1.165, 1.54) is 17.8 Å². The SMILES string of the molecule is CSc1nc(Nc2cc(Cl)cc3[nH]c(C(=O)O)cc23)c(C(=O)O)s1. The first-order valence-corrected chi connectivity index (χ1v) is 8.91. The Kier molecular flexibility index (Phi) is 4.39. The van der Waals surface area contributed by atoms with E-state index < -0.39 is 11.9 Å². The van der Waals surface area contributed by atoms with E-state index in [4.69, 9.17) is 16.7 Å². The van der Waals surface area contributed by atoms with Crippen molar-refractivity contribution in [2.45, 2.75) is 4.34 Å². The van der Waals surface area contributed by atoms with Crippen LogP contribution in [0, 0.1) is 0 Å². The molecule has 0 bridgehead atoms. The standard InChI is InChI=1S/C14H10ClN3O4S2/c1-23-14-18-11(10(24-14)13(21)22)17-8-3-5(15)2-7-6(8)4-9(16-7)12(19)20/h2-4,16-17H,1H3,(H,19,20)(H,21,22). The molecule has 3 rings (SSSR count). The molecular formula is C14H10ClN3O4S2. The van der Waals surface area contributed by atoms with Crippen LogP contribution in [0.1, 0.15) is 20.2 Å². The number of carboxylic acids is 2. The van der Waals surface area contributed by atoms with Crippen LogP contribution in [0.15, 0.2) is 22.5 Å². The number of H-pyrrole nitrogens is 1. The van der Waals surface area contributed by atoms with Crippen molar-refractivity contribution >= 4 is 69.0 Å². The van der Waals surface area contributed by atoms with Crippen molar-refractivity contribution in [2.75, 3.05) is 11.6 Å². The van der Waals surface area contributed by atoms with Crippen molar-refractivity contribution in [2.24, 2.45) is 0 Å². The average Bonchev–Trinajstić information content (AvgIpc) is 3.10. The summed E-state index contributed by atoms with van der Waals surface area (Å²) in [5, 5.41) is 22.3. The zero-order valence-electron chi connectivity index (χ0n) is 12.1. The number of nitrogens with one attached hydrogen (secondary N) is 2. The summed E-state index contributed by atoms with van der Waals surface area (Å²) < 4.78 is 0.605. The lowest BCUT2D eigenvalue weighted by Gasteiger charge is -2.07. The van der Waals surface area contributed by atoms with Gasteiger partial charge in [-0.2, -0.15) is 0 Å². The molecule has 1 aromatic carbocycles. The average molecular weight is 384 g/mol. The van der Waals surface area contributed by atoms with Crippen molar-refractivity contribution in [1.82, 2.24) is 9.97 Å². The Labute approximate surface area is 148 Å². The first kappa shape index (κ1) is 16.6. The van der Waals surface area contributed by atoms with Crippen molar-refractivity contribution in [3.8, 4) is 0 Å². The second-order valence-electron chi connectivity index (χ2n) is 4.69. The summed E-state index contributed by atoms with van der Waals surface area (Å²) in [6.45, 7) is 0. The van der Waals surface area contributed by atoms with Crippen LogP contribution >= 0.6 is 34.7 Å². The van der Waals surface area contributed by atoms with Crippen LogP contribution in [0.2, 0.25) is 5.02 Å². The fourth-order valence-electron chi connectivity index (χ4n) is 2.17. The maximum atomic E-state index is 11.4. The normalized spacial score (nSPS) is 10.9. The predicted molar refractivity (Wildman–Crippen MR) is 94.4 cm³/mol. The minimum absolute atomic E-state index is 0.0110. The zero-order valence-corrected chi connectivity index (χ0v) is 14.5. The van der Waals surface area contributed by atoms with Crippen molar-refractivity contribution in [1.29, 1.82) is 0 Å². The number of aromatic amines is 1. The summed E-state index contributed by atoms with van der Waals surface area (Å²) >= 11 is 8.47. The molecule has 7 nitrogen and oxygen atoms in total. The number of halogens is 1. The topological polar surface area (TPSA) is 115 Å². The van der Waals surface area contributed by atoms with Crippen LogP contribution in [0.4, 0.5) is 11.5 Å². The van der Waals surface area contributed by atoms with Crippen molar-refractivity contribution < 1.29 is 19.8 Å². The van der Waals surface area contributed by atoms with Gasteiger partial charge in [0, 0.05) is 15.9 Å². The van der Waals surface area contributed by atoms with Gasteiger partial charge in [-0.15, -0.1) is 0 Å². The molecule has 0 fully saturated rings. The second-order valence-corrected chi connectivity index (χ2v) is 7.18. The molecule has 0 saturated heterocycles. The second kappa shape index (κ2) is 6.34. The van der Waals surface area contributed by atoms with Crippen molar-refractivity contribution in [3.05, 3.63) is 33.8 Å². The van der Waals surface area contributed by atoms with Gasteiger partial charge < -0.3 is 20.5 Å². The van der Waals surface area contributed by atoms with Gasteiger partial charge in [-0.3, -0.25) is 0 Å². The number of hydrogen-bond acceptors (Lipinski definition) is 6. The number of rotatable bonds is 5. The molecule has 10 heteroatoms. The smallest absolute Gasteiger partial charge is 0.352 e. The molecule has 0 radical (unpaired) electrons. The minimum atomic E-state index is -1.10. The Bertz CT molecular complexity index is 966. The van der Waals surface area contributed by atoms with E-state index in [1.807, 2.05) is 0 Å². The van der Waals surface area contributed by atoms with Crippen molar-refractivity contribution in [3.63, 3.8) is 0 Å². The van der Waals surface area contributed by atoms with E-state index in [9.17, 15) is 14.7 Å². The van der Waals surface area contributed by atoms with Crippen LogP contribution in [0.25, 0.3) is 10.9 Å². The van der Waals surface area contributed by atoms with Gasteiger partial charge in [0.1, 0.15) is 5.69 Å². The lowest BCUT2D eigenvalue weighted by Crippen LogP contribution is -2.00. The highest BCUT2D eigenvalue weighted by molar-refractivity contribution is 8.00. The number of anilines is 2. The number of hydrogen-bond donors (Lipinski definition) is 4. The molecule has 0 aliphatic carbocycles. The van der Waals surface area contributed by atoms with Gasteiger partial charge in [0.15, 0.2) is 15.0 Å². The lowest BCUT2D eigenvalue weighted by molar-refractivity contribution is 0.0685. The molecule has 0 atom stereocenters. The number of carboxylic acid groups (broad SMARTS) is 2. The van der Waals surface area contributed by atoms with E-state index in [-0.39, 0.29) is 16.4 Å². The van der Waals surface area contributed by atoms with E-state index in [1.54, 1.807) is 18.4 Å². The fraction of sp³-hybridized carbons (Fsp3) is 0.0714. The summed E-state index contributed by atoms with van der Waals surface area (Å²) in [5.74, 6) is -2.00. The quantitative estimate of drug-likeness (QED) is 0.489. The Hall–Kier alpha value is -2.23. The summed E-state index contributed by atoms with van der Waals surface area (Å²) in [6.07, 6.45) is 1.80. The largest absolute Gasteiger partial charge is 0.477 e. The number of aromatic nitrogens is 2. The Morgan fingerprint density at radius 3 is 2.67 bits per heavy atom. The highest BCUT2D eigenvalue weighted by atomic mass is 35.5. The number of aromatic carboxylic acids is 2. The lowest BCUT2D eigenvalue weighted by atomic mass is 10.2. The molecule has 124 valence electrons. The molecule has 0 unspecified atom stereocenters. The summed E-state index contributed by atoms with van der Waals surface area (Å²) in [4.78, 5) is 29.6. The first-order valence-electron chi connectivity index (χ1n) is 6.49. The highest BCUT2D eigenvalue weighted by Gasteiger charge is 2.19. The monoisotopic (exact) mass is 383 g/mol. The maximum Gasteiger partial charge on any atom is 0.352 e. The van der Waals surface area contributed by atoms with Gasteiger partial charge in [0.05, 0.1) is 5.69 Å². The molecule has 0 aliphatic rings. The van der Waals surface area contributed by atoms with E-state index >= 15 is 0 Å². The molecule has 0 amide bonds. The molecule has 0 saturated carbocycles. The third kappa shape index (κ3) is 3.05. The number of nitrogens with zero attached hydrogens (tertiary/aromatic N) is 1. The van der Waals surface area contributed by atoms with Gasteiger partial charge in [-0.1, -0.05) is 34.7 Å². The molecule has 0 spiro atoms. The molecule has 4 N–H and O–H groups in total. The number of thioether (sulfide) groups is 1. The van der Waals surface area contributed by atoms with Gasteiger partial charge in [-0.25, -0.2) is 14.6 Å². The third-order valence-electron chi connectivity index (χ3n) is 3.16. The minimum Gasteiger partial charge on any atom is -0.477 e. The third-order valence-corrected chi connectivity index (χ3v) is 5.41. The van der Waals surface area contributed by atoms with Gasteiger partial charge in [-0.05, 0) is 24.5 Å². The molecule has 2 aromatic heterocycles. The Morgan fingerprint density at radius 1 is 1.29 bits per heavy atom. The van der Waals surface area contributed by atoms with Crippen LogP contribution in [0.5, 0.6) is 0 Å². The zero-order chi connectivity index (χ0) is 17.4. The number of carbonyl (C=O) groups is 2. The number of fused-ring (bicyclic) bond motifs is 1. The van der Waals surface area contributed by atoms with Gasteiger partial charge in [0.2, 0.25) is 0 Å². The molecular weight excluding hydrogens is 374 g/mol. The summed E-state index contributed by atoms with van der Waals surface area (Å²) in [5.41, 5.74) is 1.01. The summed E-state index contributed by atoms with van der Waals surface area (Å²) in [6, 6.07) is 4.65. The van der Waals surface area contributed by atoms with Gasteiger partial charge >= 0.3 is 11.9 Å². The van der Waals surface area contributed by atoms with Crippen LogP contribution < -0.4 is 5.32 Å². The molecule has 24 heavy (non-hydrogen) atoms. The fourth-order valence-corrected chi connectivity index (χ4v) is 3.74. The van der Waals surface area contributed by atoms with Gasteiger partial charge in [0.25, 0.3) is 0 Å². The molecule has 0 aliphatic heterocycles. The van der Waals surface area contributed by atoms with Crippen LogP contribution in [-0.4, -0.2) is 38.4 Å². The van der Waals surface area contributed by atoms with E-state index in [0.29, 0.717) is 26.0 Å². The molecule has 3 aromatic rings. The number of benzene rings is 1. The molecule has 2 heterocycles. The van der Waals surface area contributed by atoms with Crippen LogP contribution in [-0.2, 0) is 0 Å². The predicted octanol–water partition coefficient (Wildman–Crippen LogP) is 4.14. The van der Waals surface area contributed by atoms with Crippen LogP contribution in [0.3, 0.4) is 0 Å². The highest BCUT2D eigenvalue weighted by Crippen LogP contribution is 2.35. The maximum absolute atomic E-state index is 11.4. The summed E-state index contributed by atoms with van der Waals surface area (Å²) in [7, 11) is 0. The van der Waals surface area contributed by atoms with E-state index in [0.717, 1.165) is 11.3 Å².